The van der Waals surface area contributed by atoms with Crippen LogP contribution in [-0.2, 0) is 27.5 Å². The number of hydrogen-bond acceptors (Lipinski definition) is 9. The number of pyridine rings is 1. The van der Waals surface area contributed by atoms with Gasteiger partial charge in [0.25, 0.3) is 5.91 Å². The molecule has 0 aliphatic rings. The van der Waals surface area contributed by atoms with Crippen LogP contribution in [0.15, 0.2) is 48.8 Å². The Morgan fingerprint density at radius 1 is 1.02 bits per heavy atom. The molecule has 0 atom stereocenters. The zero-order valence-corrected chi connectivity index (χ0v) is 22.8. The number of aromatic nitrogens is 3. The molecule has 3 N–H and O–H groups in total. The third kappa shape index (κ3) is 7.78. The van der Waals surface area contributed by atoms with E-state index in [0.717, 1.165) is 10.6 Å². The highest BCUT2D eigenvalue weighted by atomic mass is 32.2. The first kappa shape index (κ1) is 30.1. The first-order valence-electron chi connectivity index (χ1n) is 11.6. The highest BCUT2D eigenvalue weighted by molar-refractivity contribution is 7.92. The van der Waals surface area contributed by atoms with Crippen LogP contribution < -0.4 is 20.3 Å². The van der Waals surface area contributed by atoms with Crippen LogP contribution in [0.5, 0.6) is 0 Å². The van der Waals surface area contributed by atoms with E-state index >= 15 is 0 Å². The zero-order chi connectivity index (χ0) is 29.7. The monoisotopic (exact) mass is 580 g/mol. The lowest BCUT2D eigenvalue weighted by atomic mass is 10.2. The summed E-state index contributed by atoms with van der Waals surface area (Å²) in [4.78, 5) is 37.0. The van der Waals surface area contributed by atoms with Crippen LogP contribution in [0.1, 0.15) is 21.5 Å². The SMILES string of the molecule is CN(C)C(=O)CNC(=O)c1ccc(Nc2ncc(C(F)(F)F)c(NCc3cccnc3N(C)S(C)(=O)=O)n2)cc1. The van der Waals surface area contributed by atoms with Gasteiger partial charge >= 0.3 is 6.18 Å². The Kier molecular flexibility index (Phi) is 9.13. The summed E-state index contributed by atoms with van der Waals surface area (Å²) in [5.74, 6) is -1.41. The van der Waals surface area contributed by atoms with Crippen molar-refractivity contribution in [2.24, 2.45) is 0 Å². The number of nitrogens with zero attached hydrogens (tertiary/aromatic N) is 5. The second kappa shape index (κ2) is 12.1. The number of likely N-dealkylation sites (N-methyl/N-ethyl adjacent to an activating group) is 1. The standard InChI is InChI=1S/C24H27F3N8O4S/c1-34(2)19(36)14-30-22(37)15-7-9-17(10-8-15)32-23-31-13-18(24(25,26)27)20(33-23)29-12-16-6-5-11-28-21(16)35(3)40(4,38)39/h5-11,13H,12,14H2,1-4H3,(H,30,37)(H2,29,31,32,33). The van der Waals surface area contributed by atoms with Gasteiger partial charge in [0.2, 0.25) is 21.9 Å². The van der Waals surface area contributed by atoms with Gasteiger partial charge in [-0.2, -0.15) is 18.2 Å². The van der Waals surface area contributed by atoms with Crippen molar-refractivity contribution in [1.29, 1.82) is 0 Å². The summed E-state index contributed by atoms with van der Waals surface area (Å²) in [6, 6.07) is 8.98. The maximum Gasteiger partial charge on any atom is 0.421 e. The third-order valence-corrected chi connectivity index (χ3v) is 6.67. The van der Waals surface area contributed by atoms with Gasteiger partial charge in [-0.15, -0.1) is 0 Å². The Hall–Kier alpha value is -4.47. The van der Waals surface area contributed by atoms with E-state index < -0.39 is 33.5 Å². The number of nitrogens with one attached hydrogen (secondary N) is 3. The Labute approximate surface area is 228 Å². The van der Waals surface area contributed by atoms with E-state index in [1.807, 2.05) is 0 Å². The first-order chi connectivity index (χ1) is 18.7. The Morgan fingerprint density at radius 3 is 2.30 bits per heavy atom. The molecule has 16 heteroatoms. The van der Waals surface area contributed by atoms with Crippen molar-refractivity contribution in [3.8, 4) is 0 Å². The van der Waals surface area contributed by atoms with Crippen molar-refractivity contribution < 1.29 is 31.2 Å². The summed E-state index contributed by atoms with van der Waals surface area (Å²) in [6.07, 6.45) is -1.81. The van der Waals surface area contributed by atoms with Crippen molar-refractivity contribution in [1.82, 2.24) is 25.2 Å². The van der Waals surface area contributed by atoms with Crippen molar-refractivity contribution in [3.63, 3.8) is 0 Å². The highest BCUT2D eigenvalue weighted by Gasteiger charge is 2.35. The third-order valence-electron chi connectivity index (χ3n) is 5.51. The minimum absolute atomic E-state index is 0.0497. The number of carbonyl (C=O) groups is 2. The second-order valence-corrected chi connectivity index (χ2v) is 10.7. The molecule has 2 heterocycles. The van der Waals surface area contributed by atoms with E-state index in [-0.39, 0.29) is 36.3 Å². The number of alkyl halides is 3. The molecule has 3 rings (SSSR count). The Bertz CT molecular complexity index is 1480. The number of amides is 2. The fourth-order valence-electron chi connectivity index (χ4n) is 3.22. The van der Waals surface area contributed by atoms with Crippen LogP contribution in [-0.4, -0.2) is 74.0 Å². The van der Waals surface area contributed by atoms with E-state index in [1.54, 1.807) is 14.1 Å². The maximum atomic E-state index is 13.7. The molecule has 0 fully saturated rings. The van der Waals surface area contributed by atoms with Crippen molar-refractivity contribution in [3.05, 3.63) is 65.5 Å². The molecular weight excluding hydrogens is 553 g/mol. The number of carbonyl (C=O) groups excluding carboxylic acids is 2. The van der Waals surface area contributed by atoms with Crippen LogP contribution in [0.4, 0.5) is 36.4 Å². The molecule has 0 radical (unpaired) electrons. The molecular formula is C24H27F3N8O4S. The predicted molar refractivity (Wildman–Crippen MR) is 143 cm³/mol. The minimum Gasteiger partial charge on any atom is -0.365 e. The largest absolute Gasteiger partial charge is 0.421 e. The molecule has 2 aromatic heterocycles. The molecule has 2 amide bonds. The number of halogens is 3. The summed E-state index contributed by atoms with van der Waals surface area (Å²) >= 11 is 0. The van der Waals surface area contributed by atoms with Gasteiger partial charge in [0.05, 0.1) is 12.8 Å². The van der Waals surface area contributed by atoms with Gasteiger partial charge in [-0.05, 0) is 30.3 Å². The number of hydrogen-bond donors (Lipinski definition) is 3. The molecule has 1 aromatic carbocycles. The lowest BCUT2D eigenvalue weighted by molar-refractivity contribution is -0.137. The molecule has 3 aromatic rings. The summed E-state index contributed by atoms with van der Waals surface area (Å²) in [5.41, 5.74) is -0.160. The van der Waals surface area contributed by atoms with E-state index in [4.69, 9.17) is 0 Å². The van der Waals surface area contributed by atoms with Gasteiger partial charge in [0.15, 0.2) is 0 Å². The molecule has 40 heavy (non-hydrogen) atoms. The minimum atomic E-state index is -4.77. The van der Waals surface area contributed by atoms with E-state index in [0.29, 0.717) is 17.4 Å². The summed E-state index contributed by atoms with van der Waals surface area (Å²) in [5, 5.41) is 7.88. The summed E-state index contributed by atoms with van der Waals surface area (Å²) < 4.78 is 65.8. The van der Waals surface area contributed by atoms with Gasteiger partial charge < -0.3 is 20.9 Å². The van der Waals surface area contributed by atoms with E-state index in [2.05, 4.69) is 30.9 Å². The molecule has 0 spiro atoms. The van der Waals surface area contributed by atoms with E-state index in [1.165, 1.54) is 54.5 Å². The summed E-state index contributed by atoms with van der Waals surface area (Å²) in [7, 11) is 0.742. The molecule has 0 aliphatic heterocycles. The van der Waals surface area contributed by atoms with Gasteiger partial charge in [0.1, 0.15) is 17.2 Å². The number of anilines is 4. The molecule has 12 nitrogen and oxygen atoms in total. The van der Waals surface area contributed by atoms with Crippen LogP contribution in [0, 0.1) is 0 Å². The first-order valence-corrected chi connectivity index (χ1v) is 13.4. The lowest BCUT2D eigenvalue weighted by Crippen LogP contribution is -2.36. The predicted octanol–water partition coefficient (Wildman–Crippen LogP) is 2.46. The van der Waals surface area contributed by atoms with Crippen LogP contribution >= 0.6 is 0 Å². The summed E-state index contributed by atoms with van der Waals surface area (Å²) in [6.45, 7) is -0.394. The van der Waals surface area contributed by atoms with Gasteiger partial charge in [-0.3, -0.25) is 13.9 Å². The highest BCUT2D eigenvalue weighted by Crippen LogP contribution is 2.34. The van der Waals surface area contributed by atoms with E-state index in [9.17, 15) is 31.2 Å². The second-order valence-electron chi connectivity index (χ2n) is 8.70. The average Bonchev–Trinajstić information content (AvgIpc) is 2.89. The number of rotatable bonds is 10. The smallest absolute Gasteiger partial charge is 0.365 e. The molecule has 0 saturated heterocycles. The number of sulfonamides is 1. The van der Waals surface area contributed by atoms with Crippen LogP contribution in [0.3, 0.4) is 0 Å². The maximum absolute atomic E-state index is 13.7. The number of benzene rings is 1. The van der Waals surface area contributed by atoms with Crippen molar-refractivity contribution in [2.45, 2.75) is 12.7 Å². The molecule has 0 bridgehead atoms. The molecule has 0 aliphatic carbocycles. The van der Waals surface area contributed by atoms with Crippen molar-refractivity contribution in [2.75, 3.05) is 48.9 Å². The lowest BCUT2D eigenvalue weighted by Gasteiger charge is -2.20. The zero-order valence-electron chi connectivity index (χ0n) is 21.9. The van der Waals surface area contributed by atoms with Crippen LogP contribution in [0.25, 0.3) is 0 Å². The fourth-order valence-corrected chi connectivity index (χ4v) is 3.70. The topological polar surface area (TPSA) is 150 Å². The van der Waals surface area contributed by atoms with Crippen LogP contribution in [0.2, 0.25) is 0 Å². The van der Waals surface area contributed by atoms with Gasteiger partial charge in [-0.1, -0.05) is 6.07 Å². The normalized spacial score (nSPS) is 11.5. The van der Waals surface area contributed by atoms with Gasteiger partial charge in [0, 0.05) is 56.9 Å². The fraction of sp³-hybridized carbons (Fsp3) is 0.292. The van der Waals surface area contributed by atoms with Crippen molar-refractivity contribution >= 4 is 45.1 Å². The Balaban J connectivity index is 1.79. The Morgan fingerprint density at radius 2 is 1.70 bits per heavy atom. The average molecular weight is 581 g/mol. The quantitative estimate of drug-likeness (QED) is 0.329. The molecule has 0 unspecified atom stereocenters. The molecule has 0 saturated carbocycles. The van der Waals surface area contributed by atoms with Gasteiger partial charge in [-0.25, -0.2) is 18.4 Å². The molecule has 214 valence electrons.